The second-order valence-electron chi connectivity index (χ2n) is 6.04. The Morgan fingerprint density at radius 2 is 1.72 bits per heavy atom. The van der Waals surface area contributed by atoms with Crippen LogP contribution in [0, 0.1) is 12.7 Å². The summed E-state index contributed by atoms with van der Waals surface area (Å²) in [4.78, 5) is 24.2. The van der Waals surface area contributed by atoms with Gasteiger partial charge in [-0.2, -0.15) is 0 Å². The molecule has 5 nitrogen and oxygen atoms in total. The maximum atomic E-state index is 13.5. The third kappa shape index (κ3) is 4.64. The molecule has 0 bridgehead atoms. The van der Waals surface area contributed by atoms with Crippen LogP contribution < -0.4 is 16.4 Å². The monoisotopic (exact) mass is 343 g/mol. The summed E-state index contributed by atoms with van der Waals surface area (Å²) < 4.78 is 13.5. The molecule has 0 aromatic heterocycles. The van der Waals surface area contributed by atoms with E-state index in [2.05, 4.69) is 10.6 Å². The number of halogens is 1. The molecule has 6 heteroatoms. The van der Waals surface area contributed by atoms with Gasteiger partial charge in [0.05, 0.1) is 0 Å². The number of rotatable bonds is 6. The summed E-state index contributed by atoms with van der Waals surface area (Å²) in [5.74, 6) is -1.16. The summed E-state index contributed by atoms with van der Waals surface area (Å²) >= 11 is 0. The highest BCUT2D eigenvalue weighted by atomic mass is 19.1. The quantitative estimate of drug-likeness (QED) is 0.700. The van der Waals surface area contributed by atoms with Gasteiger partial charge >= 0.3 is 0 Å². The average molecular weight is 343 g/mol. The van der Waals surface area contributed by atoms with E-state index in [1.165, 1.54) is 6.07 Å². The molecule has 2 aromatic rings. The Balaban J connectivity index is 1.83. The average Bonchev–Trinajstić information content (AvgIpc) is 2.61. The number of hydrogen-bond acceptors (Lipinski definition) is 3. The molecule has 0 aliphatic heterocycles. The molecular formula is C19H22FN3O2. The van der Waals surface area contributed by atoms with Crippen LogP contribution in [-0.2, 0) is 10.3 Å². The van der Waals surface area contributed by atoms with Crippen LogP contribution in [-0.4, -0.2) is 24.9 Å². The van der Waals surface area contributed by atoms with Crippen molar-refractivity contribution >= 4 is 11.8 Å². The molecule has 132 valence electrons. The van der Waals surface area contributed by atoms with E-state index in [0.29, 0.717) is 11.1 Å². The first-order valence-electron chi connectivity index (χ1n) is 7.99. The van der Waals surface area contributed by atoms with E-state index in [9.17, 15) is 14.0 Å². The maximum absolute atomic E-state index is 13.5. The SMILES string of the molecule is Cc1ccc(C(=O)NCCNC(=O)C(C)(N)c2ccccc2)cc1F. The normalized spacial score (nSPS) is 13.0. The predicted molar refractivity (Wildman–Crippen MR) is 94.5 cm³/mol. The van der Waals surface area contributed by atoms with Crippen molar-refractivity contribution < 1.29 is 14.0 Å². The summed E-state index contributed by atoms with van der Waals surface area (Å²) in [5, 5.41) is 5.33. The van der Waals surface area contributed by atoms with E-state index in [4.69, 9.17) is 5.73 Å². The summed E-state index contributed by atoms with van der Waals surface area (Å²) in [7, 11) is 0. The van der Waals surface area contributed by atoms with Crippen LogP contribution >= 0.6 is 0 Å². The molecule has 0 heterocycles. The van der Waals surface area contributed by atoms with E-state index >= 15 is 0 Å². The molecule has 1 unspecified atom stereocenters. The molecule has 0 saturated carbocycles. The Morgan fingerprint density at radius 1 is 1.08 bits per heavy atom. The number of carbonyl (C=O) groups excluding carboxylic acids is 2. The van der Waals surface area contributed by atoms with Crippen LogP contribution in [0.2, 0.25) is 0 Å². The summed E-state index contributed by atoms with van der Waals surface area (Å²) in [6.07, 6.45) is 0. The molecule has 2 rings (SSSR count). The lowest BCUT2D eigenvalue weighted by molar-refractivity contribution is -0.126. The Morgan fingerprint density at radius 3 is 2.36 bits per heavy atom. The lowest BCUT2D eigenvalue weighted by Crippen LogP contribution is -2.50. The first-order valence-corrected chi connectivity index (χ1v) is 7.99. The van der Waals surface area contributed by atoms with Crippen molar-refractivity contribution in [3.05, 3.63) is 71.0 Å². The molecule has 0 spiro atoms. The van der Waals surface area contributed by atoms with Crippen LogP contribution in [0.3, 0.4) is 0 Å². The number of nitrogens with two attached hydrogens (primary N) is 1. The molecule has 0 aliphatic carbocycles. The maximum Gasteiger partial charge on any atom is 0.251 e. The van der Waals surface area contributed by atoms with Crippen LogP contribution in [0.15, 0.2) is 48.5 Å². The lowest BCUT2D eigenvalue weighted by Gasteiger charge is -2.24. The smallest absolute Gasteiger partial charge is 0.251 e. The molecule has 0 radical (unpaired) electrons. The first-order chi connectivity index (χ1) is 11.8. The fourth-order valence-electron chi connectivity index (χ4n) is 2.29. The van der Waals surface area contributed by atoms with Crippen molar-refractivity contribution in [3.8, 4) is 0 Å². The Hall–Kier alpha value is -2.73. The lowest BCUT2D eigenvalue weighted by atomic mass is 9.92. The predicted octanol–water partition coefficient (Wildman–Crippen LogP) is 1.85. The Labute approximate surface area is 146 Å². The highest BCUT2D eigenvalue weighted by molar-refractivity contribution is 5.94. The van der Waals surface area contributed by atoms with E-state index in [1.807, 2.05) is 18.2 Å². The number of carbonyl (C=O) groups is 2. The third-order valence-electron chi connectivity index (χ3n) is 3.98. The second kappa shape index (κ2) is 7.90. The minimum Gasteiger partial charge on any atom is -0.352 e. The molecule has 25 heavy (non-hydrogen) atoms. The van der Waals surface area contributed by atoms with Gasteiger partial charge in [0.2, 0.25) is 5.91 Å². The van der Waals surface area contributed by atoms with E-state index in [1.54, 1.807) is 38.1 Å². The number of aryl methyl sites for hydroxylation is 1. The van der Waals surface area contributed by atoms with Crippen molar-refractivity contribution in [2.75, 3.05) is 13.1 Å². The van der Waals surface area contributed by atoms with E-state index in [-0.39, 0.29) is 24.6 Å². The zero-order chi connectivity index (χ0) is 18.4. The van der Waals surface area contributed by atoms with Gasteiger partial charge in [0.15, 0.2) is 0 Å². The van der Waals surface area contributed by atoms with Gasteiger partial charge in [0, 0.05) is 18.7 Å². The number of hydrogen-bond donors (Lipinski definition) is 3. The van der Waals surface area contributed by atoms with Gasteiger partial charge in [-0.05, 0) is 37.1 Å². The molecule has 4 N–H and O–H groups in total. The standard InChI is InChI=1S/C19H22FN3O2/c1-13-8-9-14(12-16(13)20)17(24)22-10-11-23-18(25)19(2,21)15-6-4-3-5-7-15/h3-9,12H,10-11,21H2,1-2H3,(H,22,24)(H,23,25). The van der Waals surface area contributed by atoms with E-state index < -0.39 is 17.3 Å². The van der Waals surface area contributed by atoms with E-state index in [0.717, 1.165) is 0 Å². The zero-order valence-corrected chi connectivity index (χ0v) is 14.3. The second-order valence-corrected chi connectivity index (χ2v) is 6.04. The molecule has 0 fully saturated rings. The first kappa shape index (κ1) is 18.6. The number of nitrogens with one attached hydrogen (secondary N) is 2. The van der Waals surface area contributed by atoms with Crippen LogP contribution in [0.5, 0.6) is 0 Å². The van der Waals surface area contributed by atoms with Gasteiger partial charge in [-0.25, -0.2) is 4.39 Å². The van der Waals surface area contributed by atoms with Crippen LogP contribution in [0.1, 0.15) is 28.4 Å². The molecule has 2 aromatic carbocycles. The summed E-state index contributed by atoms with van der Waals surface area (Å²) in [5.41, 5.74) is 6.36. The topological polar surface area (TPSA) is 84.2 Å². The van der Waals surface area contributed by atoms with Crippen LogP contribution in [0.4, 0.5) is 4.39 Å². The third-order valence-corrected chi connectivity index (χ3v) is 3.98. The van der Waals surface area contributed by atoms with Gasteiger partial charge in [-0.1, -0.05) is 36.4 Å². The van der Waals surface area contributed by atoms with Gasteiger partial charge in [0.1, 0.15) is 11.4 Å². The van der Waals surface area contributed by atoms with Crippen molar-refractivity contribution in [3.63, 3.8) is 0 Å². The molecule has 2 amide bonds. The Kier molecular flexibility index (Phi) is 5.88. The van der Waals surface area contributed by atoms with Gasteiger partial charge < -0.3 is 16.4 Å². The van der Waals surface area contributed by atoms with Gasteiger partial charge in [0.25, 0.3) is 5.91 Å². The summed E-state index contributed by atoms with van der Waals surface area (Å²) in [6, 6.07) is 13.3. The van der Waals surface area contributed by atoms with Crippen LogP contribution in [0.25, 0.3) is 0 Å². The van der Waals surface area contributed by atoms with Crippen molar-refractivity contribution in [1.29, 1.82) is 0 Å². The molecular weight excluding hydrogens is 321 g/mol. The van der Waals surface area contributed by atoms with Crippen molar-refractivity contribution in [2.24, 2.45) is 5.73 Å². The largest absolute Gasteiger partial charge is 0.352 e. The fraction of sp³-hybridized carbons (Fsp3) is 0.263. The number of amides is 2. The van der Waals surface area contributed by atoms with Gasteiger partial charge in [-0.15, -0.1) is 0 Å². The summed E-state index contributed by atoms with van der Waals surface area (Å²) in [6.45, 7) is 3.69. The Bertz CT molecular complexity index is 761. The minimum absolute atomic E-state index is 0.213. The highest BCUT2D eigenvalue weighted by Crippen LogP contribution is 2.17. The van der Waals surface area contributed by atoms with Crippen molar-refractivity contribution in [1.82, 2.24) is 10.6 Å². The van der Waals surface area contributed by atoms with Gasteiger partial charge in [-0.3, -0.25) is 9.59 Å². The minimum atomic E-state index is -1.16. The molecule has 0 saturated heterocycles. The molecule has 0 aliphatic rings. The fourth-order valence-corrected chi connectivity index (χ4v) is 2.29. The highest BCUT2D eigenvalue weighted by Gasteiger charge is 2.29. The van der Waals surface area contributed by atoms with Crippen molar-refractivity contribution in [2.45, 2.75) is 19.4 Å². The molecule has 1 atom stereocenters. The zero-order valence-electron chi connectivity index (χ0n) is 14.3. The number of benzene rings is 2.